The molecule has 3 rings (SSSR count). The summed E-state index contributed by atoms with van der Waals surface area (Å²) in [6, 6.07) is 12.8. The summed E-state index contributed by atoms with van der Waals surface area (Å²) in [7, 11) is 3.16. The Hall–Kier alpha value is -2.60. The van der Waals surface area contributed by atoms with Crippen molar-refractivity contribution < 1.29 is 19.4 Å². The zero-order valence-electron chi connectivity index (χ0n) is 14.4. The minimum Gasteiger partial charge on any atom is -0.497 e. The van der Waals surface area contributed by atoms with Crippen LogP contribution < -0.4 is 9.47 Å². The molecule has 0 spiro atoms. The van der Waals surface area contributed by atoms with Crippen LogP contribution in [0.25, 0.3) is 0 Å². The Labute approximate surface area is 147 Å². The van der Waals surface area contributed by atoms with Crippen LogP contribution in [0, 0.1) is 0 Å². The van der Waals surface area contributed by atoms with Gasteiger partial charge >= 0.3 is 0 Å². The van der Waals surface area contributed by atoms with Gasteiger partial charge in [-0.2, -0.15) is 0 Å². The molecule has 6 nitrogen and oxygen atoms in total. The topological polar surface area (TPSA) is 71.9 Å². The molecule has 132 valence electrons. The van der Waals surface area contributed by atoms with E-state index in [1.807, 2.05) is 30.3 Å². The van der Waals surface area contributed by atoms with Gasteiger partial charge in [0.2, 0.25) is 11.8 Å². The number of amides is 1. The lowest BCUT2D eigenvalue weighted by atomic mass is 10.0. The van der Waals surface area contributed by atoms with E-state index in [0.29, 0.717) is 24.5 Å². The SMILES string of the molecule is COc1cccc([C@H]2C[C@@H](O)CN2C(=O)Cc2cccc(OC)n2)c1. The molecule has 0 unspecified atom stereocenters. The molecule has 1 fully saturated rings. The van der Waals surface area contributed by atoms with Crippen LogP contribution in [0.15, 0.2) is 42.5 Å². The van der Waals surface area contributed by atoms with Crippen LogP contribution in [-0.4, -0.2) is 47.8 Å². The Kier molecular flexibility index (Phi) is 5.19. The van der Waals surface area contributed by atoms with Gasteiger partial charge in [-0.15, -0.1) is 0 Å². The summed E-state index contributed by atoms with van der Waals surface area (Å²) in [4.78, 5) is 18.8. The fourth-order valence-corrected chi connectivity index (χ4v) is 3.18. The van der Waals surface area contributed by atoms with Gasteiger partial charge in [0.25, 0.3) is 0 Å². The first-order valence-corrected chi connectivity index (χ1v) is 8.22. The molecule has 1 amide bonds. The number of methoxy groups -OCH3 is 2. The second-order valence-corrected chi connectivity index (χ2v) is 6.08. The van der Waals surface area contributed by atoms with Crippen LogP contribution in [0.5, 0.6) is 11.6 Å². The molecule has 0 bridgehead atoms. The van der Waals surface area contributed by atoms with Gasteiger partial charge < -0.3 is 19.5 Å². The van der Waals surface area contributed by atoms with Crippen LogP contribution >= 0.6 is 0 Å². The molecule has 0 saturated carbocycles. The van der Waals surface area contributed by atoms with E-state index in [1.165, 1.54) is 0 Å². The number of nitrogens with zero attached hydrogens (tertiary/aromatic N) is 2. The molecular weight excluding hydrogens is 320 g/mol. The average Bonchev–Trinajstić information content (AvgIpc) is 3.04. The van der Waals surface area contributed by atoms with E-state index in [-0.39, 0.29) is 18.4 Å². The van der Waals surface area contributed by atoms with Gasteiger partial charge in [0.1, 0.15) is 5.75 Å². The zero-order chi connectivity index (χ0) is 17.8. The first-order chi connectivity index (χ1) is 12.1. The molecule has 1 aliphatic heterocycles. The number of likely N-dealkylation sites (tertiary alicyclic amines) is 1. The van der Waals surface area contributed by atoms with Gasteiger partial charge in [0.05, 0.1) is 38.5 Å². The highest BCUT2D eigenvalue weighted by Crippen LogP contribution is 2.34. The number of β-amino-alcohol motifs (C(OH)–C–C–N with tert-alkyl or cyclic N) is 1. The third-order valence-corrected chi connectivity index (χ3v) is 4.40. The number of carbonyl (C=O) groups excluding carboxylic acids is 1. The Balaban J connectivity index is 1.79. The van der Waals surface area contributed by atoms with Crippen LogP contribution in [-0.2, 0) is 11.2 Å². The predicted octanol–water partition coefficient (Wildman–Crippen LogP) is 1.98. The summed E-state index contributed by atoms with van der Waals surface area (Å²) >= 11 is 0. The predicted molar refractivity (Wildman–Crippen MR) is 92.6 cm³/mol. The number of benzene rings is 1. The van der Waals surface area contributed by atoms with Crippen molar-refractivity contribution in [3.05, 3.63) is 53.7 Å². The van der Waals surface area contributed by atoms with Gasteiger partial charge in [-0.1, -0.05) is 18.2 Å². The molecule has 2 aromatic rings. The maximum atomic E-state index is 12.8. The maximum Gasteiger partial charge on any atom is 0.229 e. The molecule has 6 heteroatoms. The number of aliphatic hydroxyl groups excluding tert-OH is 1. The molecular formula is C19H22N2O4. The molecule has 2 heterocycles. The lowest BCUT2D eigenvalue weighted by Gasteiger charge is -2.25. The normalized spacial score (nSPS) is 19.7. The third kappa shape index (κ3) is 3.91. The van der Waals surface area contributed by atoms with Crippen LogP contribution in [0.1, 0.15) is 23.7 Å². The van der Waals surface area contributed by atoms with Crippen molar-refractivity contribution in [2.24, 2.45) is 0 Å². The number of aromatic nitrogens is 1. The summed E-state index contributed by atoms with van der Waals surface area (Å²) in [5, 5.41) is 10.1. The number of hydrogen-bond acceptors (Lipinski definition) is 5. The maximum absolute atomic E-state index is 12.8. The largest absolute Gasteiger partial charge is 0.497 e. The van der Waals surface area contributed by atoms with E-state index < -0.39 is 6.10 Å². The van der Waals surface area contributed by atoms with E-state index in [1.54, 1.807) is 31.3 Å². The second-order valence-electron chi connectivity index (χ2n) is 6.08. The molecule has 25 heavy (non-hydrogen) atoms. The Morgan fingerprint density at radius 2 is 2.04 bits per heavy atom. The van der Waals surface area contributed by atoms with Gasteiger partial charge in [-0.25, -0.2) is 4.98 Å². The molecule has 1 saturated heterocycles. The lowest BCUT2D eigenvalue weighted by molar-refractivity contribution is -0.131. The molecule has 1 aromatic carbocycles. The molecule has 0 radical (unpaired) electrons. The van der Waals surface area contributed by atoms with Crippen molar-refractivity contribution in [3.8, 4) is 11.6 Å². The van der Waals surface area contributed by atoms with Crippen molar-refractivity contribution in [1.29, 1.82) is 0 Å². The summed E-state index contributed by atoms with van der Waals surface area (Å²) in [6.07, 6.45) is 0.160. The van der Waals surface area contributed by atoms with E-state index in [0.717, 1.165) is 11.3 Å². The van der Waals surface area contributed by atoms with Crippen molar-refractivity contribution in [2.75, 3.05) is 20.8 Å². The van der Waals surface area contributed by atoms with Gasteiger partial charge in [0, 0.05) is 12.6 Å². The second kappa shape index (κ2) is 7.53. The highest BCUT2D eigenvalue weighted by Gasteiger charge is 2.35. The number of aliphatic hydroxyl groups is 1. The third-order valence-electron chi connectivity index (χ3n) is 4.40. The smallest absolute Gasteiger partial charge is 0.229 e. The molecule has 1 N–H and O–H groups in total. The van der Waals surface area contributed by atoms with E-state index in [9.17, 15) is 9.90 Å². The summed E-state index contributed by atoms with van der Waals surface area (Å²) in [6.45, 7) is 0.324. The molecule has 2 atom stereocenters. The first-order valence-electron chi connectivity index (χ1n) is 8.22. The van der Waals surface area contributed by atoms with Gasteiger partial charge in [0.15, 0.2) is 0 Å². The monoisotopic (exact) mass is 342 g/mol. The van der Waals surface area contributed by atoms with Crippen molar-refractivity contribution >= 4 is 5.91 Å². The highest BCUT2D eigenvalue weighted by atomic mass is 16.5. The number of ether oxygens (including phenoxy) is 2. The lowest BCUT2D eigenvalue weighted by Crippen LogP contribution is -2.33. The summed E-state index contributed by atoms with van der Waals surface area (Å²) < 4.78 is 10.4. The number of carbonyl (C=O) groups is 1. The first kappa shape index (κ1) is 17.2. The van der Waals surface area contributed by atoms with Crippen LogP contribution in [0.2, 0.25) is 0 Å². The van der Waals surface area contributed by atoms with Gasteiger partial charge in [-0.3, -0.25) is 4.79 Å². The Morgan fingerprint density at radius 1 is 1.24 bits per heavy atom. The van der Waals surface area contributed by atoms with E-state index >= 15 is 0 Å². The number of rotatable bonds is 5. The number of hydrogen-bond donors (Lipinski definition) is 1. The summed E-state index contributed by atoms with van der Waals surface area (Å²) in [5.41, 5.74) is 1.61. The highest BCUT2D eigenvalue weighted by molar-refractivity contribution is 5.79. The molecule has 0 aliphatic carbocycles. The number of pyridine rings is 1. The Bertz CT molecular complexity index is 750. The van der Waals surface area contributed by atoms with Gasteiger partial charge in [-0.05, 0) is 30.2 Å². The van der Waals surface area contributed by atoms with Crippen molar-refractivity contribution in [3.63, 3.8) is 0 Å². The van der Waals surface area contributed by atoms with Crippen LogP contribution in [0.3, 0.4) is 0 Å². The summed E-state index contributed by atoms with van der Waals surface area (Å²) in [5.74, 6) is 1.15. The minimum atomic E-state index is -0.529. The molecule has 1 aliphatic rings. The van der Waals surface area contributed by atoms with Crippen molar-refractivity contribution in [2.45, 2.75) is 25.0 Å². The fraction of sp³-hybridized carbons (Fsp3) is 0.368. The Morgan fingerprint density at radius 3 is 2.80 bits per heavy atom. The average molecular weight is 342 g/mol. The van der Waals surface area contributed by atoms with E-state index in [2.05, 4.69) is 4.98 Å². The zero-order valence-corrected chi connectivity index (χ0v) is 14.4. The minimum absolute atomic E-state index is 0.0647. The van der Waals surface area contributed by atoms with Crippen molar-refractivity contribution in [1.82, 2.24) is 9.88 Å². The van der Waals surface area contributed by atoms with E-state index in [4.69, 9.17) is 9.47 Å². The van der Waals surface area contributed by atoms with Crippen LogP contribution in [0.4, 0.5) is 0 Å². The standard InChI is InChI=1S/C19H22N2O4/c1-24-16-7-3-5-13(9-16)17-11-15(22)12-21(17)19(23)10-14-6-4-8-18(20-14)25-2/h3-9,15,17,22H,10-12H2,1-2H3/t15-,17-/m1/s1. The fourth-order valence-electron chi connectivity index (χ4n) is 3.18. The molecule has 1 aromatic heterocycles. The quantitative estimate of drug-likeness (QED) is 0.899.